The molecule has 0 fully saturated rings. The van der Waals surface area contributed by atoms with Crippen molar-refractivity contribution in [3.05, 3.63) is 29.1 Å². The maximum atomic E-state index is 10.8. The summed E-state index contributed by atoms with van der Waals surface area (Å²) in [5, 5.41) is 26.5. The first-order chi connectivity index (χ1) is 9.77. The lowest BCUT2D eigenvalue weighted by atomic mass is 9.86. The van der Waals surface area contributed by atoms with E-state index < -0.39 is 11.4 Å². The number of nitrogens with zero attached hydrogens (tertiary/aromatic N) is 2. The van der Waals surface area contributed by atoms with Crippen molar-refractivity contribution in [2.75, 3.05) is 0 Å². The summed E-state index contributed by atoms with van der Waals surface area (Å²) in [6.07, 6.45) is 0.334. The van der Waals surface area contributed by atoms with Crippen LogP contribution in [0.2, 0.25) is 5.02 Å². The molecule has 0 saturated carbocycles. The smallest absolute Gasteiger partial charge is 0.303 e. The summed E-state index contributed by atoms with van der Waals surface area (Å²) < 4.78 is 5.51. The van der Waals surface area contributed by atoms with Gasteiger partial charge in [-0.05, 0) is 23.6 Å². The summed E-state index contributed by atoms with van der Waals surface area (Å²) in [6, 6.07) is 4.42. The van der Waals surface area contributed by atoms with E-state index in [0.29, 0.717) is 22.9 Å². The predicted octanol–water partition coefficient (Wildman–Crippen LogP) is 3.14. The van der Waals surface area contributed by atoms with Gasteiger partial charge >= 0.3 is 5.97 Å². The van der Waals surface area contributed by atoms with Gasteiger partial charge in [-0.25, -0.2) is 0 Å². The van der Waals surface area contributed by atoms with Crippen LogP contribution in [0.5, 0.6) is 5.75 Å². The number of phenolic OH excluding ortho intramolecular Hbond substituents is 1. The van der Waals surface area contributed by atoms with Crippen molar-refractivity contribution >= 4 is 17.6 Å². The number of phenols is 1. The van der Waals surface area contributed by atoms with Crippen LogP contribution < -0.4 is 0 Å². The predicted molar refractivity (Wildman–Crippen MR) is 76.1 cm³/mol. The summed E-state index contributed by atoms with van der Waals surface area (Å²) in [7, 11) is 0. The Bertz CT molecular complexity index is 667. The second-order valence-corrected chi connectivity index (χ2v) is 5.98. The van der Waals surface area contributed by atoms with Crippen LogP contribution in [0, 0.1) is 5.41 Å². The van der Waals surface area contributed by atoms with Gasteiger partial charge in [0.05, 0.1) is 17.0 Å². The third-order valence-corrected chi connectivity index (χ3v) is 3.24. The molecule has 1 aromatic carbocycles. The molecule has 0 unspecified atom stereocenters. The van der Waals surface area contributed by atoms with Gasteiger partial charge in [0.2, 0.25) is 11.8 Å². The molecule has 2 N–H and O–H groups in total. The van der Waals surface area contributed by atoms with Crippen molar-refractivity contribution in [2.45, 2.75) is 26.7 Å². The number of benzene rings is 1. The van der Waals surface area contributed by atoms with E-state index in [1.165, 1.54) is 18.2 Å². The van der Waals surface area contributed by atoms with Gasteiger partial charge in [-0.3, -0.25) is 4.79 Å². The summed E-state index contributed by atoms with van der Waals surface area (Å²) in [4.78, 5) is 10.8. The number of hydrogen-bond acceptors (Lipinski definition) is 5. The Balaban J connectivity index is 2.22. The Morgan fingerprint density at radius 3 is 2.76 bits per heavy atom. The summed E-state index contributed by atoms with van der Waals surface area (Å²) in [5.74, 6) is -0.316. The molecule has 0 amide bonds. The van der Waals surface area contributed by atoms with Crippen LogP contribution in [0.15, 0.2) is 22.6 Å². The highest BCUT2D eigenvalue weighted by Crippen LogP contribution is 2.32. The van der Waals surface area contributed by atoms with Crippen LogP contribution in [0.4, 0.5) is 0 Å². The molecule has 0 bridgehead atoms. The molecule has 6 nitrogen and oxygen atoms in total. The minimum absolute atomic E-state index is 0.00239. The fourth-order valence-electron chi connectivity index (χ4n) is 1.99. The molecular formula is C14H15ClN2O4. The molecule has 0 radical (unpaired) electrons. The molecule has 2 rings (SSSR count). The first-order valence-electron chi connectivity index (χ1n) is 6.30. The monoisotopic (exact) mass is 310 g/mol. The second kappa shape index (κ2) is 5.73. The average molecular weight is 311 g/mol. The van der Waals surface area contributed by atoms with Gasteiger partial charge in [-0.2, -0.15) is 0 Å². The molecule has 2 aromatic rings. The van der Waals surface area contributed by atoms with Crippen molar-refractivity contribution in [2.24, 2.45) is 5.41 Å². The molecule has 1 heterocycles. The van der Waals surface area contributed by atoms with E-state index in [4.69, 9.17) is 21.1 Å². The highest BCUT2D eigenvalue weighted by molar-refractivity contribution is 6.33. The molecule has 0 saturated heterocycles. The first-order valence-corrected chi connectivity index (χ1v) is 6.68. The zero-order valence-corrected chi connectivity index (χ0v) is 12.4. The van der Waals surface area contributed by atoms with Crippen LogP contribution in [0.1, 0.15) is 26.2 Å². The standard InChI is InChI=1S/C14H15ClN2O4/c1-14(2,7-12(19)20)6-11-16-17-13(21-11)9-5-8(18)3-4-10(9)15/h3-5,18H,6-7H2,1-2H3,(H,19,20). The number of carboxylic acids is 1. The Labute approximate surface area is 126 Å². The van der Waals surface area contributed by atoms with Crippen LogP contribution >= 0.6 is 11.6 Å². The summed E-state index contributed by atoms with van der Waals surface area (Å²) in [6.45, 7) is 3.62. The molecule has 0 atom stereocenters. The lowest BCUT2D eigenvalue weighted by Gasteiger charge is -2.19. The maximum Gasteiger partial charge on any atom is 0.303 e. The number of halogens is 1. The van der Waals surface area contributed by atoms with Gasteiger partial charge in [0, 0.05) is 6.42 Å². The molecule has 112 valence electrons. The van der Waals surface area contributed by atoms with Gasteiger partial charge in [0.1, 0.15) is 5.75 Å². The van der Waals surface area contributed by atoms with E-state index in [2.05, 4.69) is 10.2 Å². The third kappa shape index (κ3) is 3.95. The van der Waals surface area contributed by atoms with E-state index in [1.807, 2.05) is 13.8 Å². The molecule has 0 aliphatic rings. The van der Waals surface area contributed by atoms with E-state index >= 15 is 0 Å². The Morgan fingerprint density at radius 1 is 1.38 bits per heavy atom. The largest absolute Gasteiger partial charge is 0.508 e. The van der Waals surface area contributed by atoms with Crippen molar-refractivity contribution in [1.29, 1.82) is 0 Å². The fourth-order valence-corrected chi connectivity index (χ4v) is 2.19. The minimum Gasteiger partial charge on any atom is -0.508 e. The number of aliphatic carboxylic acids is 1. The molecule has 7 heteroatoms. The fraction of sp³-hybridized carbons (Fsp3) is 0.357. The van der Waals surface area contributed by atoms with E-state index in [0.717, 1.165) is 0 Å². The topological polar surface area (TPSA) is 96.5 Å². The Hall–Kier alpha value is -2.08. The number of aromatic nitrogens is 2. The minimum atomic E-state index is -0.879. The van der Waals surface area contributed by atoms with Crippen molar-refractivity contribution in [3.63, 3.8) is 0 Å². The number of aromatic hydroxyl groups is 1. The molecule has 21 heavy (non-hydrogen) atoms. The van der Waals surface area contributed by atoms with Crippen LogP contribution in [0.25, 0.3) is 11.5 Å². The van der Waals surface area contributed by atoms with Crippen molar-refractivity contribution in [3.8, 4) is 17.2 Å². The van der Waals surface area contributed by atoms with Gasteiger partial charge in [0.15, 0.2) is 0 Å². The lowest BCUT2D eigenvalue weighted by Crippen LogP contribution is -2.19. The number of carbonyl (C=O) groups is 1. The number of rotatable bonds is 5. The molecule has 1 aromatic heterocycles. The average Bonchev–Trinajstić information content (AvgIpc) is 2.78. The SMILES string of the molecule is CC(C)(CC(=O)O)Cc1nnc(-c2cc(O)ccc2Cl)o1. The molecule has 0 aliphatic heterocycles. The highest BCUT2D eigenvalue weighted by atomic mass is 35.5. The van der Waals surface area contributed by atoms with Crippen molar-refractivity contribution in [1.82, 2.24) is 10.2 Å². The van der Waals surface area contributed by atoms with E-state index in [-0.39, 0.29) is 18.1 Å². The van der Waals surface area contributed by atoms with Gasteiger partial charge < -0.3 is 14.6 Å². The van der Waals surface area contributed by atoms with E-state index in [9.17, 15) is 9.90 Å². The third-order valence-electron chi connectivity index (χ3n) is 2.91. The summed E-state index contributed by atoms with van der Waals surface area (Å²) >= 11 is 6.03. The Kier molecular flexibility index (Phi) is 4.18. The zero-order valence-electron chi connectivity index (χ0n) is 11.6. The van der Waals surface area contributed by atoms with Crippen LogP contribution in [-0.2, 0) is 11.2 Å². The highest BCUT2D eigenvalue weighted by Gasteiger charge is 2.25. The molecule has 0 aliphatic carbocycles. The molecular weight excluding hydrogens is 296 g/mol. The first kappa shape index (κ1) is 15.3. The number of carboxylic acid groups (broad SMARTS) is 1. The Morgan fingerprint density at radius 2 is 2.10 bits per heavy atom. The van der Waals surface area contributed by atoms with Crippen LogP contribution in [-0.4, -0.2) is 26.4 Å². The van der Waals surface area contributed by atoms with Gasteiger partial charge in [-0.1, -0.05) is 25.4 Å². The van der Waals surface area contributed by atoms with Crippen LogP contribution in [0.3, 0.4) is 0 Å². The van der Waals surface area contributed by atoms with Crippen molar-refractivity contribution < 1.29 is 19.4 Å². The van der Waals surface area contributed by atoms with E-state index in [1.54, 1.807) is 0 Å². The van der Waals surface area contributed by atoms with Gasteiger partial charge in [0.25, 0.3) is 0 Å². The van der Waals surface area contributed by atoms with Gasteiger partial charge in [-0.15, -0.1) is 10.2 Å². The quantitative estimate of drug-likeness (QED) is 0.880. The normalized spacial score (nSPS) is 11.6. The second-order valence-electron chi connectivity index (χ2n) is 5.58. The zero-order chi connectivity index (χ0) is 15.6. The molecule has 0 spiro atoms. The maximum absolute atomic E-state index is 10.8. The number of hydrogen-bond donors (Lipinski definition) is 2. The summed E-state index contributed by atoms with van der Waals surface area (Å²) in [5.41, 5.74) is -0.0652. The lowest BCUT2D eigenvalue weighted by molar-refractivity contribution is -0.139.